The Morgan fingerprint density at radius 3 is 2.94 bits per heavy atom. The topological polar surface area (TPSA) is 55.6 Å². The molecule has 0 spiro atoms. The van der Waals surface area contributed by atoms with Gasteiger partial charge in [0.25, 0.3) is 0 Å². The maximum absolute atomic E-state index is 5.74. The van der Waals surface area contributed by atoms with Crippen LogP contribution in [0.4, 0.5) is 5.82 Å². The Morgan fingerprint density at radius 2 is 2.24 bits per heavy atom. The first-order chi connectivity index (χ1) is 8.15. The van der Waals surface area contributed by atoms with E-state index in [0.29, 0.717) is 0 Å². The van der Waals surface area contributed by atoms with Gasteiger partial charge in [0.1, 0.15) is 5.82 Å². The second kappa shape index (κ2) is 5.14. The van der Waals surface area contributed by atoms with Gasteiger partial charge in [-0.15, -0.1) is 0 Å². The van der Waals surface area contributed by atoms with Crippen LogP contribution in [-0.4, -0.2) is 26.3 Å². The van der Waals surface area contributed by atoms with Crippen LogP contribution in [0.5, 0.6) is 0 Å². The van der Waals surface area contributed by atoms with Crippen molar-refractivity contribution in [2.45, 2.75) is 13.3 Å². The third-order valence-electron chi connectivity index (χ3n) is 2.41. The minimum atomic E-state index is 0.263. The van der Waals surface area contributed by atoms with Crippen molar-refractivity contribution < 1.29 is 0 Å². The number of anilines is 1. The Hall–Kier alpha value is -1.62. The molecule has 0 fully saturated rings. The zero-order valence-electron chi connectivity index (χ0n) is 9.81. The Bertz CT molecular complexity index is 508. The molecule has 0 unspecified atom stereocenters. The van der Waals surface area contributed by atoms with Gasteiger partial charge in [0.15, 0.2) is 0 Å². The molecule has 0 saturated heterocycles. The summed E-state index contributed by atoms with van der Waals surface area (Å²) in [5.74, 6) is 0.786. The van der Waals surface area contributed by atoms with E-state index < -0.39 is 0 Å². The fourth-order valence-corrected chi connectivity index (χ4v) is 1.66. The second-order valence-electron chi connectivity index (χ2n) is 3.87. The molecule has 0 aliphatic heterocycles. The standard InChI is InChI=1S/C11H14ClN5/c1-8-5-14-11(12)16-10(8)13-4-3-9-6-15-17(2)7-9/h5-7H,3-4H2,1-2H3,(H,13,14,16). The molecule has 0 aliphatic carbocycles. The van der Waals surface area contributed by atoms with Gasteiger partial charge in [-0.25, -0.2) is 9.97 Å². The van der Waals surface area contributed by atoms with E-state index in [2.05, 4.69) is 20.4 Å². The van der Waals surface area contributed by atoms with Crippen LogP contribution in [0.1, 0.15) is 11.1 Å². The zero-order valence-corrected chi connectivity index (χ0v) is 10.6. The van der Waals surface area contributed by atoms with Gasteiger partial charge in [-0.3, -0.25) is 4.68 Å². The summed E-state index contributed by atoms with van der Waals surface area (Å²) >= 11 is 5.74. The first kappa shape index (κ1) is 11.9. The molecule has 6 heteroatoms. The van der Waals surface area contributed by atoms with Crippen molar-refractivity contribution in [1.82, 2.24) is 19.7 Å². The maximum Gasteiger partial charge on any atom is 0.224 e. The zero-order chi connectivity index (χ0) is 12.3. The van der Waals surface area contributed by atoms with Gasteiger partial charge in [-0.2, -0.15) is 5.10 Å². The summed E-state index contributed by atoms with van der Waals surface area (Å²) in [6.07, 6.45) is 6.47. The molecule has 0 aromatic carbocycles. The van der Waals surface area contributed by atoms with E-state index >= 15 is 0 Å². The summed E-state index contributed by atoms with van der Waals surface area (Å²) in [5, 5.41) is 7.62. The predicted octanol–water partition coefficient (Wildman–Crippen LogP) is 1.83. The lowest BCUT2D eigenvalue weighted by Gasteiger charge is -2.07. The predicted molar refractivity (Wildman–Crippen MR) is 67.2 cm³/mol. The van der Waals surface area contributed by atoms with Crippen LogP contribution in [0.3, 0.4) is 0 Å². The smallest absolute Gasteiger partial charge is 0.224 e. The molecule has 2 aromatic rings. The number of halogens is 1. The first-order valence-corrected chi connectivity index (χ1v) is 5.73. The van der Waals surface area contributed by atoms with E-state index in [9.17, 15) is 0 Å². The highest BCUT2D eigenvalue weighted by molar-refractivity contribution is 6.28. The van der Waals surface area contributed by atoms with E-state index in [1.807, 2.05) is 26.4 Å². The second-order valence-corrected chi connectivity index (χ2v) is 4.21. The highest BCUT2D eigenvalue weighted by atomic mass is 35.5. The molecular weight excluding hydrogens is 238 g/mol. The molecule has 0 radical (unpaired) electrons. The summed E-state index contributed by atoms with van der Waals surface area (Å²) in [6.45, 7) is 2.74. The van der Waals surface area contributed by atoms with E-state index in [4.69, 9.17) is 11.6 Å². The minimum absolute atomic E-state index is 0.263. The molecule has 2 aromatic heterocycles. The lowest BCUT2D eigenvalue weighted by atomic mass is 10.2. The number of hydrogen-bond acceptors (Lipinski definition) is 4. The molecule has 90 valence electrons. The summed E-state index contributed by atoms with van der Waals surface area (Å²) in [6, 6.07) is 0. The number of rotatable bonds is 4. The van der Waals surface area contributed by atoms with Crippen LogP contribution in [0.25, 0.3) is 0 Å². The van der Waals surface area contributed by atoms with Crippen molar-refractivity contribution in [3.05, 3.63) is 35.0 Å². The number of nitrogens with one attached hydrogen (secondary N) is 1. The normalized spacial score (nSPS) is 10.5. The lowest BCUT2D eigenvalue weighted by molar-refractivity contribution is 0.767. The van der Waals surface area contributed by atoms with Gasteiger partial charge < -0.3 is 5.32 Å². The Kier molecular flexibility index (Phi) is 3.58. The van der Waals surface area contributed by atoms with Crippen molar-refractivity contribution in [2.24, 2.45) is 7.05 Å². The van der Waals surface area contributed by atoms with Gasteiger partial charge in [0.05, 0.1) is 6.20 Å². The highest BCUT2D eigenvalue weighted by Gasteiger charge is 2.02. The molecule has 17 heavy (non-hydrogen) atoms. The molecular formula is C11H14ClN5. The average Bonchev–Trinajstić information content (AvgIpc) is 2.69. The summed E-state index contributed by atoms with van der Waals surface area (Å²) in [7, 11) is 1.91. The molecule has 1 N–H and O–H groups in total. The molecule has 0 bridgehead atoms. The average molecular weight is 252 g/mol. The minimum Gasteiger partial charge on any atom is -0.369 e. The first-order valence-electron chi connectivity index (χ1n) is 5.35. The van der Waals surface area contributed by atoms with Gasteiger partial charge in [0.2, 0.25) is 5.28 Å². The third-order valence-corrected chi connectivity index (χ3v) is 2.59. The Balaban J connectivity index is 1.91. The molecule has 5 nitrogen and oxygen atoms in total. The Morgan fingerprint density at radius 1 is 1.41 bits per heavy atom. The van der Waals surface area contributed by atoms with E-state index in [0.717, 1.165) is 24.3 Å². The van der Waals surface area contributed by atoms with Crippen molar-refractivity contribution in [3.63, 3.8) is 0 Å². The van der Waals surface area contributed by atoms with Gasteiger partial charge in [-0.05, 0) is 30.5 Å². The van der Waals surface area contributed by atoms with Crippen molar-refractivity contribution in [1.29, 1.82) is 0 Å². The monoisotopic (exact) mass is 251 g/mol. The number of nitrogens with zero attached hydrogens (tertiary/aromatic N) is 4. The van der Waals surface area contributed by atoms with Crippen LogP contribution in [0.2, 0.25) is 5.28 Å². The number of hydrogen-bond donors (Lipinski definition) is 1. The molecule has 0 amide bonds. The third kappa shape index (κ3) is 3.17. The summed E-state index contributed by atoms with van der Waals surface area (Å²) in [5.41, 5.74) is 2.18. The maximum atomic E-state index is 5.74. The fraction of sp³-hybridized carbons (Fsp3) is 0.364. The summed E-state index contributed by atoms with van der Waals surface area (Å²) in [4.78, 5) is 8.04. The summed E-state index contributed by atoms with van der Waals surface area (Å²) < 4.78 is 1.79. The molecule has 2 heterocycles. The molecule has 0 atom stereocenters. The lowest BCUT2D eigenvalue weighted by Crippen LogP contribution is -2.08. The molecule has 2 rings (SSSR count). The van der Waals surface area contributed by atoms with Crippen LogP contribution in [-0.2, 0) is 13.5 Å². The highest BCUT2D eigenvalue weighted by Crippen LogP contribution is 2.12. The van der Waals surface area contributed by atoms with E-state index in [1.165, 1.54) is 5.56 Å². The Labute approximate surface area is 105 Å². The fourth-order valence-electron chi connectivity index (χ4n) is 1.53. The largest absolute Gasteiger partial charge is 0.369 e. The van der Waals surface area contributed by atoms with Crippen LogP contribution in [0.15, 0.2) is 18.6 Å². The number of aryl methyl sites for hydroxylation is 2. The van der Waals surface area contributed by atoms with Gasteiger partial charge in [0, 0.05) is 31.5 Å². The van der Waals surface area contributed by atoms with E-state index in [1.54, 1.807) is 10.9 Å². The van der Waals surface area contributed by atoms with Gasteiger partial charge >= 0.3 is 0 Å². The molecule has 0 aliphatic rings. The SMILES string of the molecule is Cc1cnc(Cl)nc1NCCc1cnn(C)c1. The van der Waals surface area contributed by atoms with Crippen LogP contribution >= 0.6 is 11.6 Å². The quantitative estimate of drug-likeness (QED) is 0.843. The van der Waals surface area contributed by atoms with Gasteiger partial charge in [-0.1, -0.05) is 0 Å². The molecule has 0 saturated carbocycles. The van der Waals surface area contributed by atoms with Crippen LogP contribution < -0.4 is 5.32 Å². The van der Waals surface area contributed by atoms with Crippen molar-refractivity contribution in [2.75, 3.05) is 11.9 Å². The van der Waals surface area contributed by atoms with Crippen molar-refractivity contribution in [3.8, 4) is 0 Å². The number of aromatic nitrogens is 4. The van der Waals surface area contributed by atoms with E-state index in [-0.39, 0.29) is 5.28 Å². The van der Waals surface area contributed by atoms with Crippen LogP contribution in [0, 0.1) is 6.92 Å². The van der Waals surface area contributed by atoms with Crippen molar-refractivity contribution >= 4 is 17.4 Å².